The minimum atomic E-state index is 0.565. The summed E-state index contributed by atoms with van der Waals surface area (Å²) in [6.07, 6.45) is 0.636. The van der Waals surface area contributed by atoms with Gasteiger partial charge in [-0.25, -0.2) is 9.31 Å². The number of nitrogens with two attached hydrogens (primary N) is 1. The van der Waals surface area contributed by atoms with E-state index in [9.17, 15) is 0 Å². The molecule has 0 aliphatic rings. The molecule has 0 unspecified atom stereocenters. The van der Waals surface area contributed by atoms with Crippen LogP contribution in [0.5, 0.6) is 0 Å². The van der Waals surface area contributed by atoms with Crippen LogP contribution >= 0.6 is 11.8 Å². The van der Waals surface area contributed by atoms with Gasteiger partial charge in [0.2, 0.25) is 5.16 Å². The van der Waals surface area contributed by atoms with Crippen LogP contribution in [-0.4, -0.2) is 38.9 Å². The maximum atomic E-state index is 5.96. The van der Waals surface area contributed by atoms with E-state index in [-0.39, 0.29) is 0 Å². The minimum absolute atomic E-state index is 0.565. The molecule has 0 radical (unpaired) electrons. The Morgan fingerprint density at radius 2 is 2.14 bits per heavy atom. The third-order valence-corrected chi connectivity index (χ3v) is 3.97. The summed E-state index contributed by atoms with van der Waals surface area (Å²) < 4.78 is 11.2. The molecule has 110 valence electrons. The van der Waals surface area contributed by atoms with Crippen molar-refractivity contribution >= 4 is 22.8 Å². The summed E-state index contributed by atoms with van der Waals surface area (Å²) in [5.41, 5.74) is 2.57. The van der Waals surface area contributed by atoms with Crippen molar-refractivity contribution in [3.05, 3.63) is 29.6 Å². The van der Waals surface area contributed by atoms with E-state index < -0.39 is 0 Å². The SMILES string of the molecule is COCCc1nnc(SCc2ccc3nonc3c2)n1N. The lowest BCUT2D eigenvalue weighted by molar-refractivity contribution is 0.200. The first-order valence-corrected chi connectivity index (χ1v) is 7.29. The fourth-order valence-corrected chi connectivity index (χ4v) is 2.65. The van der Waals surface area contributed by atoms with Crippen LogP contribution < -0.4 is 5.84 Å². The van der Waals surface area contributed by atoms with Gasteiger partial charge in [-0.15, -0.1) is 10.2 Å². The summed E-state index contributed by atoms with van der Waals surface area (Å²) in [5.74, 6) is 7.38. The highest BCUT2D eigenvalue weighted by Gasteiger charge is 2.10. The number of methoxy groups -OCH3 is 1. The number of hydrogen-bond donors (Lipinski definition) is 1. The number of nitrogens with zero attached hydrogens (tertiary/aromatic N) is 5. The summed E-state index contributed by atoms with van der Waals surface area (Å²) in [4.78, 5) is 0. The molecule has 21 heavy (non-hydrogen) atoms. The second kappa shape index (κ2) is 6.10. The van der Waals surface area contributed by atoms with Gasteiger partial charge in [0.15, 0.2) is 5.82 Å². The van der Waals surface area contributed by atoms with Crippen molar-refractivity contribution in [1.82, 2.24) is 25.2 Å². The molecule has 0 saturated heterocycles. The lowest BCUT2D eigenvalue weighted by atomic mass is 10.2. The summed E-state index contributed by atoms with van der Waals surface area (Å²) in [5, 5.41) is 16.4. The molecule has 2 N–H and O–H groups in total. The Labute approximate surface area is 124 Å². The van der Waals surface area contributed by atoms with Crippen molar-refractivity contribution < 1.29 is 9.37 Å². The average Bonchev–Trinajstić information content (AvgIpc) is 3.09. The van der Waals surface area contributed by atoms with Gasteiger partial charge in [-0.3, -0.25) is 0 Å². The normalized spacial score (nSPS) is 11.3. The van der Waals surface area contributed by atoms with Crippen LogP contribution in [0.3, 0.4) is 0 Å². The topological polar surface area (TPSA) is 105 Å². The number of fused-ring (bicyclic) bond motifs is 1. The monoisotopic (exact) mass is 306 g/mol. The van der Waals surface area contributed by atoms with Crippen LogP contribution in [0, 0.1) is 0 Å². The number of hydrogen-bond acceptors (Lipinski definition) is 8. The van der Waals surface area contributed by atoms with Crippen LogP contribution in [0.4, 0.5) is 0 Å². The molecule has 0 aliphatic heterocycles. The van der Waals surface area contributed by atoms with Crippen molar-refractivity contribution in [1.29, 1.82) is 0 Å². The predicted molar refractivity (Wildman–Crippen MR) is 77.1 cm³/mol. The van der Waals surface area contributed by atoms with Gasteiger partial charge >= 0.3 is 0 Å². The lowest BCUT2D eigenvalue weighted by Gasteiger charge is -2.03. The fourth-order valence-electron chi connectivity index (χ4n) is 1.83. The molecule has 0 aliphatic carbocycles. The number of ether oxygens (including phenoxy) is 1. The molecule has 0 atom stereocenters. The molecule has 2 aromatic heterocycles. The summed E-state index contributed by atoms with van der Waals surface area (Å²) in [7, 11) is 1.64. The standard InChI is InChI=1S/C12H14N6O2S/c1-19-5-4-11-14-15-12(18(11)13)21-7-8-2-3-9-10(6-8)17-20-16-9/h2-3,6H,4-5,7,13H2,1H3. The fraction of sp³-hybridized carbons (Fsp3) is 0.333. The van der Waals surface area contributed by atoms with Gasteiger partial charge in [0.1, 0.15) is 11.0 Å². The van der Waals surface area contributed by atoms with Gasteiger partial charge in [0.05, 0.1) is 6.61 Å². The highest BCUT2D eigenvalue weighted by Crippen LogP contribution is 2.22. The quantitative estimate of drug-likeness (QED) is 0.531. The van der Waals surface area contributed by atoms with Crippen molar-refractivity contribution in [2.45, 2.75) is 17.3 Å². The molecule has 9 heteroatoms. The molecule has 2 heterocycles. The molecule has 0 amide bonds. The minimum Gasteiger partial charge on any atom is -0.384 e. The Bertz CT molecular complexity index is 740. The van der Waals surface area contributed by atoms with Gasteiger partial charge in [-0.05, 0) is 28.0 Å². The number of rotatable bonds is 6. The summed E-state index contributed by atoms with van der Waals surface area (Å²) in [6.45, 7) is 0.565. The molecule has 8 nitrogen and oxygen atoms in total. The van der Waals surface area contributed by atoms with E-state index in [1.54, 1.807) is 7.11 Å². The largest absolute Gasteiger partial charge is 0.384 e. The van der Waals surface area contributed by atoms with Crippen molar-refractivity contribution in [2.24, 2.45) is 0 Å². The third kappa shape index (κ3) is 2.98. The van der Waals surface area contributed by atoms with Crippen LogP contribution in [0.25, 0.3) is 11.0 Å². The molecular formula is C12H14N6O2S. The Hall–Kier alpha value is -2.13. The maximum Gasteiger partial charge on any atom is 0.210 e. The second-order valence-corrected chi connectivity index (χ2v) is 5.33. The second-order valence-electron chi connectivity index (χ2n) is 4.39. The zero-order valence-electron chi connectivity index (χ0n) is 11.4. The van der Waals surface area contributed by atoms with Crippen LogP contribution in [-0.2, 0) is 16.9 Å². The average molecular weight is 306 g/mol. The highest BCUT2D eigenvalue weighted by atomic mass is 32.2. The summed E-state index contributed by atoms with van der Waals surface area (Å²) >= 11 is 1.51. The first kappa shape index (κ1) is 13.8. The van der Waals surface area contributed by atoms with Crippen molar-refractivity contribution in [2.75, 3.05) is 19.6 Å². The smallest absolute Gasteiger partial charge is 0.210 e. The Balaban J connectivity index is 1.68. The molecule has 0 saturated carbocycles. The Morgan fingerprint density at radius 1 is 1.29 bits per heavy atom. The van der Waals surface area contributed by atoms with Crippen LogP contribution in [0.15, 0.2) is 28.0 Å². The van der Waals surface area contributed by atoms with E-state index in [0.717, 1.165) is 16.6 Å². The molecule has 0 spiro atoms. The van der Waals surface area contributed by atoms with Crippen LogP contribution in [0.2, 0.25) is 0 Å². The maximum absolute atomic E-state index is 5.96. The van der Waals surface area contributed by atoms with E-state index in [0.29, 0.717) is 29.8 Å². The number of nitrogen functional groups attached to an aromatic ring is 1. The van der Waals surface area contributed by atoms with E-state index >= 15 is 0 Å². The van der Waals surface area contributed by atoms with Gasteiger partial charge in [0.25, 0.3) is 0 Å². The lowest BCUT2D eigenvalue weighted by Crippen LogP contribution is -2.15. The van der Waals surface area contributed by atoms with Gasteiger partial charge in [-0.2, -0.15) is 0 Å². The molecule has 3 aromatic rings. The van der Waals surface area contributed by atoms with E-state index in [1.165, 1.54) is 16.4 Å². The first-order valence-electron chi connectivity index (χ1n) is 6.30. The van der Waals surface area contributed by atoms with Gasteiger partial charge in [0, 0.05) is 19.3 Å². The van der Waals surface area contributed by atoms with Crippen molar-refractivity contribution in [3.63, 3.8) is 0 Å². The van der Waals surface area contributed by atoms with E-state index in [2.05, 4.69) is 25.1 Å². The van der Waals surface area contributed by atoms with E-state index in [4.69, 9.17) is 10.6 Å². The van der Waals surface area contributed by atoms with Crippen molar-refractivity contribution in [3.8, 4) is 0 Å². The van der Waals surface area contributed by atoms with Crippen LogP contribution in [0.1, 0.15) is 11.4 Å². The predicted octanol–water partition coefficient (Wildman–Crippen LogP) is 1.01. The number of aromatic nitrogens is 5. The zero-order chi connectivity index (χ0) is 14.7. The summed E-state index contributed by atoms with van der Waals surface area (Å²) in [6, 6.07) is 5.78. The Kier molecular flexibility index (Phi) is 4.02. The van der Waals surface area contributed by atoms with E-state index in [1.807, 2.05) is 18.2 Å². The molecule has 3 rings (SSSR count). The number of benzene rings is 1. The highest BCUT2D eigenvalue weighted by molar-refractivity contribution is 7.98. The van der Waals surface area contributed by atoms with Gasteiger partial charge in [-0.1, -0.05) is 17.8 Å². The molecule has 0 bridgehead atoms. The molecule has 1 aromatic carbocycles. The Morgan fingerprint density at radius 3 is 3.00 bits per heavy atom. The zero-order valence-corrected chi connectivity index (χ0v) is 12.2. The third-order valence-electron chi connectivity index (χ3n) is 2.95. The first-order chi connectivity index (χ1) is 10.3. The number of thioether (sulfide) groups is 1. The molecular weight excluding hydrogens is 292 g/mol. The van der Waals surface area contributed by atoms with Gasteiger partial charge < -0.3 is 10.6 Å². The molecule has 0 fully saturated rings.